The maximum Gasteiger partial charge on any atom is 0.257 e. The number of rotatable bonds is 6. The average molecular weight is 418 g/mol. The molecule has 4 rings (SSSR count). The number of amides is 1. The maximum absolute atomic E-state index is 12.6. The van der Waals surface area contributed by atoms with Gasteiger partial charge in [-0.25, -0.2) is 0 Å². The summed E-state index contributed by atoms with van der Waals surface area (Å²) in [6, 6.07) is 18.8. The summed E-state index contributed by atoms with van der Waals surface area (Å²) in [5.74, 6) is 1.78. The van der Waals surface area contributed by atoms with Gasteiger partial charge in [-0.1, -0.05) is 55.5 Å². The molecule has 3 unspecified atom stereocenters. The topological polar surface area (TPSA) is 71.7 Å². The van der Waals surface area contributed by atoms with E-state index in [1.54, 1.807) is 0 Å². The van der Waals surface area contributed by atoms with Crippen LogP contribution in [0.3, 0.4) is 0 Å². The van der Waals surface area contributed by atoms with Crippen molar-refractivity contribution in [2.45, 2.75) is 37.9 Å². The fraction of sp³-hybridized carbons (Fsp3) is 0.269. The first-order valence-corrected chi connectivity index (χ1v) is 10.4. The number of hydrogen-bond acceptors (Lipinski definition) is 4. The highest BCUT2D eigenvalue weighted by atomic mass is 16.5. The van der Waals surface area contributed by atoms with Crippen LogP contribution in [0.2, 0.25) is 0 Å². The van der Waals surface area contributed by atoms with Crippen LogP contribution >= 0.6 is 0 Å². The molecule has 2 heterocycles. The van der Waals surface area contributed by atoms with E-state index in [1.807, 2.05) is 73.7 Å². The summed E-state index contributed by atoms with van der Waals surface area (Å²) >= 11 is 0. The summed E-state index contributed by atoms with van der Waals surface area (Å²) in [4.78, 5) is 12.6. The van der Waals surface area contributed by atoms with Crippen LogP contribution in [-0.4, -0.2) is 24.2 Å². The Morgan fingerprint density at radius 1 is 1.19 bits per heavy atom. The highest BCUT2D eigenvalue weighted by Gasteiger charge is 2.49. The van der Waals surface area contributed by atoms with Crippen molar-refractivity contribution in [1.82, 2.24) is 0 Å². The first-order chi connectivity index (χ1) is 14.9. The minimum absolute atomic E-state index is 0.265. The van der Waals surface area contributed by atoms with Crippen LogP contribution in [-0.2, 0) is 15.1 Å². The number of ether oxygens (including phenoxy) is 1. The van der Waals surface area contributed by atoms with E-state index in [1.165, 1.54) is 7.11 Å². The highest BCUT2D eigenvalue weighted by molar-refractivity contribution is 5.99. The number of fused-ring (bicyclic) bond motifs is 1. The molecule has 0 spiro atoms. The first kappa shape index (κ1) is 21.1. The Labute approximate surface area is 182 Å². The van der Waals surface area contributed by atoms with Gasteiger partial charge in [0.2, 0.25) is 0 Å². The molecule has 0 bridgehead atoms. The standard InChI is InChI=1S/C26H27NO4/c1-17(23-15-12-18(2)31-23)8-7-9-19-13-14-22-21(16-19)26(29,20-10-5-4-6-11-20)24(30-3)25(28)27-22/h4-7,9-17,24,29H,8H2,1-3H3,(H,27,28)/b9-7+. The zero-order chi connectivity index (χ0) is 22.0. The zero-order valence-corrected chi connectivity index (χ0v) is 18.0. The van der Waals surface area contributed by atoms with Gasteiger partial charge < -0.3 is 19.6 Å². The summed E-state index contributed by atoms with van der Waals surface area (Å²) in [6.45, 7) is 4.07. The average Bonchev–Trinajstić information content (AvgIpc) is 3.21. The number of allylic oxidation sites excluding steroid dienone is 1. The molecule has 1 aliphatic rings. The molecule has 1 aromatic heterocycles. The van der Waals surface area contributed by atoms with Crippen LogP contribution in [0.4, 0.5) is 5.69 Å². The number of anilines is 1. The molecule has 5 nitrogen and oxygen atoms in total. The number of methoxy groups -OCH3 is 1. The number of carbonyl (C=O) groups is 1. The fourth-order valence-electron chi connectivity index (χ4n) is 4.14. The van der Waals surface area contributed by atoms with E-state index in [2.05, 4.69) is 18.3 Å². The molecule has 0 fully saturated rings. The Balaban J connectivity index is 1.66. The van der Waals surface area contributed by atoms with Crippen molar-refractivity contribution in [3.63, 3.8) is 0 Å². The lowest BCUT2D eigenvalue weighted by atomic mass is 9.77. The lowest BCUT2D eigenvalue weighted by molar-refractivity contribution is -0.142. The van der Waals surface area contributed by atoms with Crippen molar-refractivity contribution in [3.8, 4) is 0 Å². The van der Waals surface area contributed by atoms with Crippen molar-refractivity contribution in [1.29, 1.82) is 0 Å². The van der Waals surface area contributed by atoms with Gasteiger partial charge in [-0.05, 0) is 48.7 Å². The number of carbonyl (C=O) groups excluding carboxylic acids is 1. The van der Waals surface area contributed by atoms with Crippen molar-refractivity contribution in [3.05, 3.63) is 95.0 Å². The van der Waals surface area contributed by atoms with E-state index in [0.717, 1.165) is 23.5 Å². The van der Waals surface area contributed by atoms with Gasteiger partial charge in [-0.3, -0.25) is 4.79 Å². The third-order valence-electron chi connectivity index (χ3n) is 5.83. The Hall–Kier alpha value is -3.15. The Morgan fingerprint density at radius 3 is 2.65 bits per heavy atom. The second kappa shape index (κ2) is 8.53. The first-order valence-electron chi connectivity index (χ1n) is 10.4. The van der Waals surface area contributed by atoms with Gasteiger partial charge in [-0.2, -0.15) is 0 Å². The number of benzene rings is 2. The minimum Gasteiger partial charge on any atom is -0.466 e. The van der Waals surface area contributed by atoms with Crippen LogP contribution in [0.1, 0.15) is 47.5 Å². The van der Waals surface area contributed by atoms with Crippen molar-refractivity contribution in [2.75, 3.05) is 12.4 Å². The van der Waals surface area contributed by atoms with Gasteiger partial charge in [0.05, 0.1) is 0 Å². The van der Waals surface area contributed by atoms with Crippen molar-refractivity contribution >= 4 is 17.7 Å². The van der Waals surface area contributed by atoms with E-state index >= 15 is 0 Å². The van der Waals surface area contributed by atoms with Gasteiger partial charge in [0.1, 0.15) is 11.5 Å². The van der Waals surface area contributed by atoms with Crippen LogP contribution in [0.25, 0.3) is 6.08 Å². The van der Waals surface area contributed by atoms with Crippen molar-refractivity contribution in [2.24, 2.45) is 0 Å². The number of nitrogens with one attached hydrogen (secondary N) is 1. The highest BCUT2D eigenvalue weighted by Crippen LogP contribution is 2.42. The minimum atomic E-state index is -1.59. The molecule has 2 N–H and O–H groups in total. The second-order valence-corrected chi connectivity index (χ2v) is 8.03. The molecule has 3 atom stereocenters. The zero-order valence-electron chi connectivity index (χ0n) is 18.0. The molecular weight excluding hydrogens is 390 g/mol. The maximum atomic E-state index is 12.6. The van der Waals surface area contributed by atoms with Crippen LogP contribution in [0, 0.1) is 6.92 Å². The molecule has 0 saturated heterocycles. The SMILES string of the molecule is COC1C(=O)Nc2ccc(/C=C/CC(C)c3ccc(C)o3)cc2C1(O)c1ccccc1. The van der Waals surface area contributed by atoms with Gasteiger partial charge >= 0.3 is 0 Å². The Bertz CT molecular complexity index is 1100. The monoisotopic (exact) mass is 417 g/mol. The van der Waals surface area contributed by atoms with Gasteiger partial charge in [0, 0.05) is 24.3 Å². The van der Waals surface area contributed by atoms with Gasteiger partial charge in [0.15, 0.2) is 11.7 Å². The summed E-state index contributed by atoms with van der Waals surface area (Å²) in [5, 5.41) is 14.6. The van der Waals surface area contributed by atoms with Crippen LogP contribution in [0.5, 0.6) is 0 Å². The fourth-order valence-corrected chi connectivity index (χ4v) is 4.14. The number of aliphatic hydroxyl groups is 1. The van der Waals surface area contributed by atoms with E-state index < -0.39 is 11.7 Å². The molecule has 160 valence electrons. The van der Waals surface area contributed by atoms with E-state index in [0.29, 0.717) is 16.8 Å². The molecule has 0 saturated carbocycles. The van der Waals surface area contributed by atoms with Crippen LogP contribution in [0.15, 0.2) is 71.2 Å². The molecular formula is C26H27NO4. The summed E-state index contributed by atoms with van der Waals surface area (Å²) in [7, 11) is 1.44. The Morgan fingerprint density at radius 2 is 1.97 bits per heavy atom. The largest absolute Gasteiger partial charge is 0.466 e. The Kier molecular flexibility index (Phi) is 5.81. The molecule has 5 heteroatoms. The lowest BCUT2D eigenvalue weighted by Crippen LogP contribution is -2.52. The van der Waals surface area contributed by atoms with E-state index in [-0.39, 0.29) is 11.8 Å². The van der Waals surface area contributed by atoms with Gasteiger partial charge in [-0.15, -0.1) is 0 Å². The number of hydrogen-bond donors (Lipinski definition) is 2. The van der Waals surface area contributed by atoms with Crippen LogP contribution < -0.4 is 5.32 Å². The third kappa shape index (κ3) is 3.94. The predicted octanol–water partition coefficient (Wildman–Crippen LogP) is 5.00. The summed E-state index contributed by atoms with van der Waals surface area (Å²) < 4.78 is 11.2. The predicted molar refractivity (Wildman–Crippen MR) is 121 cm³/mol. The van der Waals surface area contributed by atoms with Crippen molar-refractivity contribution < 1.29 is 19.1 Å². The lowest BCUT2D eigenvalue weighted by Gasteiger charge is -2.40. The second-order valence-electron chi connectivity index (χ2n) is 8.03. The molecule has 0 radical (unpaired) electrons. The van der Waals surface area contributed by atoms with E-state index in [9.17, 15) is 9.90 Å². The summed E-state index contributed by atoms with van der Waals surface area (Å²) in [6.07, 6.45) is 3.89. The summed E-state index contributed by atoms with van der Waals surface area (Å²) in [5.41, 5.74) is 1.15. The smallest absolute Gasteiger partial charge is 0.257 e. The van der Waals surface area contributed by atoms with E-state index in [4.69, 9.17) is 9.15 Å². The molecule has 2 aromatic carbocycles. The molecule has 3 aromatic rings. The quantitative estimate of drug-likeness (QED) is 0.592. The number of aryl methyl sites for hydroxylation is 1. The molecule has 31 heavy (non-hydrogen) atoms. The number of furan rings is 1. The molecule has 0 aliphatic carbocycles. The normalized spacial score (nSPS) is 21.7. The molecule has 1 aliphatic heterocycles. The molecule has 1 amide bonds. The third-order valence-corrected chi connectivity index (χ3v) is 5.83. The van der Waals surface area contributed by atoms with Gasteiger partial charge in [0.25, 0.3) is 5.91 Å².